The molecule has 1 nitrogen and oxygen atoms in total. The van der Waals surface area contributed by atoms with Gasteiger partial charge in [0.05, 0.1) is 5.60 Å². The Balaban J connectivity index is 2.92. The molecule has 1 unspecified atom stereocenters. The quantitative estimate of drug-likeness (QED) is 0.832. The van der Waals surface area contributed by atoms with Crippen LogP contribution in [-0.2, 0) is 5.41 Å². The van der Waals surface area contributed by atoms with E-state index in [2.05, 4.69) is 58.9 Å². The Kier molecular flexibility index (Phi) is 4.03. The van der Waals surface area contributed by atoms with Gasteiger partial charge in [-0.05, 0) is 37.2 Å². The molecule has 0 amide bonds. The fourth-order valence-electron chi connectivity index (χ4n) is 2.21. The molecule has 0 bridgehead atoms. The molecular formula is C16H26O. The maximum absolute atomic E-state index is 10.4. The monoisotopic (exact) mass is 234 g/mol. The average molecular weight is 234 g/mol. The first-order valence-corrected chi connectivity index (χ1v) is 6.45. The number of rotatable bonds is 4. The SMILES string of the molecule is Cc1ccc(C(C)(C)CC(C)(O)C(C)C)cc1. The van der Waals surface area contributed by atoms with Crippen molar-refractivity contribution in [2.75, 3.05) is 0 Å². The van der Waals surface area contributed by atoms with Gasteiger partial charge < -0.3 is 5.11 Å². The van der Waals surface area contributed by atoms with E-state index in [1.807, 2.05) is 6.92 Å². The van der Waals surface area contributed by atoms with Crippen molar-refractivity contribution in [2.24, 2.45) is 5.92 Å². The van der Waals surface area contributed by atoms with E-state index in [9.17, 15) is 5.11 Å². The van der Waals surface area contributed by atoms with Crippen LogP contribution in [0.1, 0.15) is 52.2 Å². The van der Waals surface area contributed by atoms with Gasteiger partial charge in [-0.1, -0.05) is 57.5 Å². The van der Waals surface area contributed by atoms with Gasteiger partial charge in [-0.3, -0.25) is 0 Å². The van der Waals surface area contributed by atoms with E-state index in [4.69, 9.17) is 0 Å². The molecule has 1 atom stereocenters. The van der Waals surface area contributed by atoms with E-state index >= 15 is 0 Å². The summed E-state index contributed by atoms with van der Waals surface area (Å²) in [7, 11) is 0. The van der Waals surface area contributed by atoms with Gasteiger partial charge in [0.2, 0.25) is 0 Å². The van der Waals surface area contributed by atoms with Crippen LogP contribution in [0.2, 0.25) is 0 Å². The summed E-state index contributed by atoms with van der Waals surface area (Å²) in [5.74, 6) is 0.271. The molecule has 1 rings (SSSR count). The minimum Gasteiger partial charge on any atom is -0.390 e. The molecule has 1 heteroatoms. The van der Waals surface area contributed by atoms with Gasteiger partial charge in [-0.2, -0.15) is 0 Å². The number of hydrogen-bond acceptors (Lipinski definition) is 1. The van der Waals surface area contributed by atoms with Gasteiger partial charge in [0.25, 0.3) is 0 Å². The third kappa shape index (κ3) is 3.57. The molecule has 0 aromatic heterocycles. The molecule has 0 saturated heterocycles. The number of aryl methyl sites for hydroxylation is 1. The highest BCUT2D eigenvalue weighted by atomic mass is 16.3. The molecule has 1 aromatic carbocycles. The molecule has 0 fully saturated rings. The molecule has 0 aliphatic rings. The van der Waals surface area contributed by atoms with Crippen molar-refractivity contribution in [3.05, 3.63) is 35.4 Å². The molecule has 0 spiro atoms. The van der Waals surface area contributed by atoms with Crippen molar-refractivity contribution in [1.29, 1.82) is 0 Å². The van der Waals surface area contributed by atoms with E-state index in [1.54, 1.807) is 0 Å². The van der Waals surface area contributed by atoms with Crippen molar-refractivity contribution in [3.63, 3.8) is 0 Å². The Bertz CT molecular complexity index is 358. The van der Waals surface area contributed by atoms with Gasteiger partial charge >= 0.3 is 0 Å². The Labute approximate surface area is 106 Å². The van der Waals surface area contributed by atoms with Crippen molar-refractivity contribution >= 4 is 0 Å². The lowest BCUT2D eigenvalue weighted by atomic mass is 9.72. The highest BCUT2D eigenvalue weighted by Crippen LogP contribution is 2.35. The highest BCUT2D eigenvalue weighted by molar-refractivity contribution is 5.27. The lowest BCUT2D eigenvalue weighted by Crippen LogP contribution is -2.38. The standard InChI is InChI=1S/C16H26O/c1-12(2)16(6,17)11-15(4,5)14-9-7-13(3)8-10-14/h7-10,12,17H,11H2,1-6H3. The predicted octanol–water partition coefficient (Wildman–Crippen LogP) is 4.07. The van der Waals surface area contributed by atoms with Gasteiger partial charge in [0, 0.05) is 0 Å². The number of benzene rings is 1. The first kappa shape index (κ1) is 14.2. The third-order valence-electron chi connectivity index (χ3n) is 3.88. The van der Waals surface area contributed by atoms with Gasteiger partial charge in [-0.25, -0.2) is 0 Å². The molecule has 1 aromatic rings. The predicted molar refractivity (Wildman–Crippen MR) is 74.3 cm³/mol. The second-order valence-electron chi connectivity index (χ2n) is 6.44. The van der Waals surface area contributed by atoms with Crippen LogP contribution in [0.4, 0.5) is 0 Å². The second kappa shape index (κ2) is 4.81. The summed E-state index contributed by atoms with van der Waals surface area (Å²) in [6, 6.07) is 8.62. The lowest BCUT2D eigenvalue weighted by molar-refractivity contribution is -0.0113. The summed E-state index contributed by atoms with van der Waals surface area (Å²) in [5.41, 5.74) is 1.96. The van der Waals surface area contributed by atoms with Crippen LogP contribution < -0.4 is 0 Å². The van der Waals surface area contributed by atoms with E-state index in [0.717, 1.165) is 6.42 Å². The third-order valence-corrected chi connectivity index (χ3v) is 3.88. The second-order valence-corrected chi connectivity index (χ2v) is 6.44. The number of aliphatic hydroxyl groups is 1. The summed E-state index contributed by atoms with van der Waals surface area (Å²) in [6.07, 6.45) is 0.778. The maximum Gasteiger partial charge on any atom is 0.0650 e. The topological polar surface area (TPSA) is 20.2 Å². The highest BCUT2D eigenvalue weighted by Gasteiger charge is 2.33. The van der Waals surface area contributed by atoms with Crippen LogP contribution >= 0.6 is 0 Å². The molecule has 1 N–H and O–H groups in total. The largest absolute Gasteiger partial charge is 0.390 e. The van der Waals surface area contributed by atoms with Gasteiger partial charge in [0.1, 0.15) is 0 Å². The number of hydrogen-bond donors (Lipinski definition) is 1. The first-order valence-electron chi connectivity index (χ1n) is 6.45. The van der Waals surface area contributed by atoms with Crippen LogP contribution in [0.25, 0.3) is 0 Å². The van der Waals surface area contributed by atoms with E-state index in [-0.39, 0.29) is 11.3 Å². The molecule has 0 saturated carbocycles. The van der Waals surface area contributed by atoms with Crippen molar-refractivity contribution in [1.82, 2.24) is 0 Å². The zero-order chi connectivity index (χ0) is 13.3. The fourth-order valence-corrected chi connectivity index (χ4v) is 2.21. The molecule has 0 aliphatic carbocycles. The summed E-state index contributed by atoms with van der Waals surface area (Å²) >= 11 is 0. The van der Waals surface area contributed by atoms with Crippen molar-refractivity contribution in [2.45, 2.75) is 59.0 Å². The Morgan fingerprint density at radius 2 is 1.53 bits per heavy atom. The lowest BCUT2D eigenvalue weighted by Gasteiger charge is -2.37. The molecular weight excluding hydrogens is 208 g/mol. The first-order chi connectivity index (χ1) is 7.65. The average Bonchev–Trinajstić information content (AvgIpc) is 2.16. The molecule has 0 radical (unpaired) electrons. The summed E-state index contributed by atoms with van der Waals surface area (Å²) in [4.78, 5) is 0. The molecule has 17 heavy (non-hydrogen) atoms. The summed E-state index contributed by atoms with van der Waals surface area (Å²) in [5, 5.41) is 10.4. The summed E-state index contributed by atoms with van der Waals surface area (Å²) < 4.78 is 0. The van der Waals surface area contributed by atoms with Crippen LogP contribution in [0, 0.1) is 12.8 Å². The normalized spacial score (nSPS) is 16.0. The van der Waals surface area contributed by atoms with Crippen LogP contribution in [0.15, 0.2) is 24.3 Å². The minimum atomic E-state index is -0.617. The zero-order valence-electron chi connectivity index (χ0n) is 12.0. The van der Waals surface area contributed by atoms with Crippen LogP contribution in [0.3, 0.4) is 0 Å². The fraction of sp³-hybridized carbons (Fsp3) is 0.625. The van der Waals surface area contributed by atoms with E-state index in [0.29, 0.717) is 0 Å². The van der Waals surface area contributed by atoms with Crippen LogP contribution in [0.5, 0.6) is 0 Å². The Hall–Kier alpha value is -0.820. The van der Waals surface area contributed by atoms with E-state index in [1.165, 1.54) is 11.1 Å². The van der Waals surface area contributed by atoms with Crippen molar-refractivity contribution < 1.29 is 5.11 Å². The van der Waals surface area contributed by atoms with Crippen LogP contribution in [-0.4, -0.2) is 10.7 Å². The van der Waals surface area contributed by atoms with Gasteiger partial charge in [0.15, 0.2) is 0 Å². The zero-order valence-corrected chi connectivity index (χ0v) is 12.0. The smallest absolute Gasteiger partial charge is 0.0650 e. The van der Waals surface area contributed by atoms with Gasteiger partial charge in [-0.15, -0.1) is 0 Å². The summed E-state index contributed by atoms with van der Waals surface area (Å²) in [6.45, 7) is 12.6. The Morgan fingerprint density at radius 1 is 1.06 bits per heavy atom. The molecule has 0 aliphatic heterocycles. The maximum atomic E-state index is 10.4. The molecule has 96 valence electrons. The Morgan fingerprint density at radius 3 is 1.94 bits per heavy atom. The minimum absolute atomic E-state index is 0.00146. The molecule has 0 heterocycles. The van der Waals surface area contributed by atoms with Crippen molar-refractivity contribution in [3.8, 4) is 0 Å². The van der Waals surface area contributed by atoms with E-state index < -0.39 is 5.60 Å².